The molecule has 0 aromatic carbocycles. The number of nitrogens with two attached hydrogens (primary N) is 1. The van der Waals surface area contributed by atoms with Crippen LogP contribution in [0.3, 0.4) is 0 Å². The Labute approximate surface area is 39.6 Å². The van der Waals surface area contributed by atoms with Gasteiger partial charge in [0.15, 0.2) is 0 Å². The maximum absolute atomic E-state index is 8.51. The van der Waals surface area contributed by atoms with Crippen LogP contribution in [-0.2, 0) is 0 Å². The summed E-state index contributed by atoms with van der Waals surface area (Å²) in [5.41, 5.74) is 4.88. The molecule has 5 nitrogen and oxygen atoms in total. The molecule has 1 aliphatic heterocycles. The lowest BCUT2D eigenvalue weighted by Gasteiger charge is -2.01. The molecule has 0 aromatic rings. The summed E-state index contributed by atoms with van der Waals surface area (Å²) in [5, 5.41) is 14.8. The molecule has 38 valence electrons. The second-order valence-electron chi connectivity index (χ2n) is 1.15. The molecule has 1 unspecified atom stereocenters. The summed E-state index contributed by atoms with van der Waals surface area (Å²) in [4.78, 5) is 3.24. The molecule has 1 heterocycles. The van der Waals surface area contributed by atoms with Gasteiger partial charge in [-0.25, -0.2) is 0 Å². The highest BCUT2D eigenvalue weighted by Crippen LogP contribution is 2.03. The van der Waals surface area contributed by atoms with Crippen LogP contribution in [0.4, 0.5) is 0 Å². The molecule has 0 fully saturated rings. The molecule has 0 bridgehead atoms. The minimum atomic E-state index is -1.78. The highest BCUT2D eigenvalue weighted by molar-refractivity contribution is 5.56. The third-order valence-corrected chi connectivity index (χ3v) is 0.504. The van der Waals surface area contributed by atoms with E-state index >= 15 is 0 Å². The van der Waals surface area contributed by atoms with Gasteiger partial charge in [-0.15, -0.1) is 10.2 Å². The van der Waals surface area contributed by atoms with Crippen molar-refractivity contribution in [1.82, 2.24) is 0 Å². The van der Waals surface area contributed by atoms with Crippen molar-refractivity contribution in [2.75, 3.05) is 0 Å². The van der Waals surface area contributed by atoms with Gasteiger partial charge in [-0.2, -0.15) is 4.99 Å². The van der Waals surface area contributed by atoms with Crippen molar-refractivity contribution in [3.05, 3.63) is 0 Å². The lowest BCUT2D eigenvalue weighted by molar-refractivity contribution is 0.0660. The van der Waals surface area contributed by atoms with Crippen LogP contribution in [0.1, 0.15) is 0 Å². The summed E-state index contributed by atoms with van der Waals surface area (Å²) in [6.45, 7) is 0. The minimum Gasteiger partial charge on any atom is -0.338 e. The number of hydrogen-bond acceptors (Lipinski definition) is 5. The number of rotatable bonds is 0. The van der Waals surface area contributed by atoms with Crippen LogP contribution in [0.25, 0.3) is 0 Å². The zero-order chi connectivity index (χ0) is 5.33. The number of nitrogens with zero attached hydrogens (tertiary/aromatic N) is 3. The van der Waals surface area contributed by atoms with Crippen molar-refractivity contribution in [3.63, 3.8) is 0 Å². The Hall–Kier alpha value is -0.810. The summed E-state index contributed by atoms with van der Waals surface area (Å²) in [6, 6.07) is 0. The van der Waals surface area contributed by atoms with E-state index in [-0.39, 0.29) is 0 Å². The number of aliphatic hydroxyl groups is 1. The maximum atomic E-state index is 8.51. The topological polar surface area (TPSA) is 83.3 Å². The van der Waals surface area contributed by atoms with E-state index in [0.717, 1.165) is 6.34 Å². The fourth-order valence-corrected chi connectivity index (χ4v) is 0.247. The van der Waals surface area contributed by atoms with Gasteiger partial charge in [-0.1, -0.05) is 0 Å². The second kappa shape index (κ2) is 1.08. The van der Waals surface area contributed by atoms with Gasteiger partial charge in [0.25, 0.3) is 0 Å². The Kier molecular flexibility index (Phi) is 0.671. The Balaban J connectivity index is 2.77. The van der Waals surface area contributed by atoms with Crippen LogP contribution in [0, 0.1) is 0 Å². The van der Waals surface area contributed by atoms with Crippen LogP contribution < -0.4 is 5.73 Å². The van der Waals surface area contributed by atoms with Gasteiger partial charge >= 0.3 is 5.97 Å². The summed E-state index contributed by atoms with van der Waals surface area (Å²) in [6.07, 6.45) is 1.10. The molecule has 3 N–H and O–H groups in total. The molecular weight excluding hydrogens is 96.0 g/mol. The van der Waals surface area contributed by atoms with Crippen molar-refractivity contribution in [3.8, 4) is 0 Å². The molecule has 0 saturated heterocycles. The predicted molar refractivity (Wildman–Crippen MR) is 22.5 cm³/mol. The minimum absolute atomic E-state index is 1.10. The summed E-state index contributed by atoms with van der Waals surface area (Å²) in [7, 11) is 0. The average molecular weight is 100 g/mol. The first-order valence-corrected chi connectivity index (χ1v) is 1.68. The largest absolute Gasteiger partial charge is 0.338 e. The second-order valence-corrected chi connectivity index (χ2v) is 1.15. The molecule has 0 aliphatic carbocycles. The molecule has 1 aliphatic rings. The Morgan fingerprint density at radius 3 is 2.57 bits per heavy atom. The van der Waals surface area contributed by atoms with Crippen molar-refractivity contribution in [2.24, 2.45) is 21.0 Å². The summed E-state index contributed by atoms with van der Waals surface area (Å²) >= 11 is 0. The van der Waals surface area contributed by atoms with E-state index in [1.807, 2.05) is 0 Å². The van der Waals surface area contributed by atoms with Crippen LogP contribution in [0.15, 0.2) is 15.2 Å². The zero-order valence-corrected chi connectivity index (χ0v) is 3.44. The van der Waals surface area contributed by atoms with Crippen LogP contribution >= 0.6 is 0 Å². The fraction of sp³-hybridized carbons (Fsp3) is 0.500. The zero-order valence-electron chi connectivity index (χ0n) is 3.44. The fourth-order valence-electron chi connectivity index (χ4n) is 0.247. The lowest BCUT2D eigenvalue weighted by atomic mass is 10.8. The van der Waals surface area contributed by atoms with Crippen LogP contribution in [-0.4, -0.2) is 17.4 Å². The normalized spacial score (nSPS) is 37.4. The van der Waals surface area contributed by atoms with E-state index in [1.54, 1.807) is 0 Å². The molecule has 7 heavy (non-hydrogen) atoms. The SMILES string of the molecule is NC1(O)N=CN=N1. The lowest BCUT2D eigenvalue weighted by Crippen LogP contribution is -2.32. The van der Waals surface area contributed by atoms with Gasteiger partial charge in [-0.3, -0.25) is 5.73 Å². The van der Waals surface area contributed by atoms with E-state index in [0.29, 0.717) is 0 Å². The van der Waals surface area contributed by atoms with Crippen LogP contribution in [0.5, 0.6) is 0 Å². The predicted octanol–water partition coefficient (Wildman–Crippen LogP) is -0.957. The van der Waals surface area contributed by atoms with Gasteiger partial charge in [-0.05, 0) is 0 Å². The standard InChI is InChI=1S/C2H4N4O/c3-2(7)4-1-5-6-2/h1,7H,3H2. The summed E-state index contributed by atoms with van der Waals surface area (Å²) < 4.78 is 0. The molecule has 1 rings (SSSR count). The van der Waals surface area contributed by atoms with E-state index in [2.05, 4.69) is 15.2 Å². The van der Waals surface area contributed by atoms with E-state index in [1.165, 1.54) is 0 Å². The van der Waals surface area contributed by atoms with Crippen molar-refractivity contribution >= 4 is 6.34 Å². The van der Waals surface area contributed by atoms with Crippen LogP contribution in [0.2, 0.25) is 0 Å². The molecule has 0 spiro atoms. The first-order valence-electron chi connectivity index (χ1n) is 1.68. The van der Waals surface area contributed by atoms with Crippen molar-refractivity contribution < 1.29 is 5.11 Å². The van der Waals surface area contributed by atoms with Gasteiger partial charge in [0.1, 0.15) is 6.34 Å². The first kappa shape index (κ1) is 4.35. The average Bonchev–Trinajstić information content (AvgIpc) is 1.84. The molecule has 0 saturated carbocycles. The molecule has 0 radical (unpaired) electrons. The highest BCUT2D eigenvalue weighted by atomic mass is 16.3. The smallest absolute Gasteiger partial charge is 0.334 e. The first-order chi connectivity index (χ1) is 3.21. The number of azo groups is 1. The van der Waals surface area contributed by atoms with Gasteiger partial charge in [0, 0.05) is 0 Å². The monoisotopic (exact) mass is 100 g/mol. The Morgan fingerprint density at radius 1 is 1.71 bits per heavy atom. The van der Waals surface area contributed by atoms with Gasteiger partial charge in [0.2, 0.25) is 0 Å². The number of aliphatic imine (C=N–C) groups is 1. The van der Waals surface area contributed by atoms with Crippen molar-refractivity contribution in [2.45, 2.75) is 5.97 Å². The Bertz CT molecular complexity index is 112. The quantitative estimate of drug-likeness (QED) is 0.384. The van der Waals surface area contributed by atoms with Gasteiger partial charge in [0.05, 0.1) is 0 Å². The van der Waals surface area contributed by atoms with Crippen molar-refractivity contribution in [1.29, 1.82) is 0 Å². The number of hydrogen-bond donors (Lipinski definition) is 2. The highest BCUT2D eigenvalue weighted by Gasteiger charge is 2.19. The Morgan fingerprint density at radius 2 is 2.43 bits per heavy atom. The summed E-state index contributed by atoms with van der Waals surface area (Å²) in [5.74, 6) is -1.78. The molecule has 0 aromatic heterocycles. The molecule has 5 heteroatoms. The third-order valence-electron chi connectivity index (χ3n) is 0.504. The van der Waals surface area contributed by atoms with Gasteiger partial charge < -0.3 is 5.11 Å². The molecule has 1 atom stereocenters. The maximum Gasteiger partial charge on any atom is 0.334 e. The molecular formula is C2H4N4O. The van der Waals surface area contributed by atoms with E-state index in [9.17, 15) is 0 Å². The third kappa shape index (κ3) is 0.787. The van der Waals surface area contributed by atoms with E-state index in [4.69, 9.17) is 10.8 Å². The molecule has 0 amide bonds. The van der Waals surface area contributed by atoms with E-state index < -0.39 is 5.97 Å².